The maximum Gasteiger partial charge on any atom is 0.232 e. The van der Waals surface area contributed by atoms with Gasteiger partial charge in [0.1, 0.15) is 29.5 Å². The number of nitrogen functional groups attached to an aromatic ring is 2. The monoisotopic (exact) mass is 375 g/mol. The van der Waals surface area contributed by atoms with E-state index in [0.29, 0.717) is 11.0 Å². The molecule has 0 spiro atoms. The average molecular weight is 375 g/mol. The van der Waals surface area contributed by atoms with Crippen molar-refractivity contribution in [3.05, 3.63) is 12.3 Å². The van der Waals surface area contributed by atoms with Gasteiger partial charge in [0.2, 0.25) is 20.6 Å². The molecule has 2 aromatic rings. The number of aliphatic hydroxyl groups is 3. The van der Waals surface area contributed by atoms with Crippen LogP contribution in [0.5, 0.6) is 0 Å². The molecule has 0 amide bonds. The second-order valence-electron chi connectivity index (χ2n) is 5.62. The van der Waals surface area contributed by atoms with Gasteiger partial charge >= 0.3 is 0 Å². The molecule has 2 unspecified atom stereocenters. The fraction of sp³-hybridized carbons (Fsp3) is 0.500. The summed E-state index contributed by atoms with van der Waals surface area (Å²) in [7, 11) is -2.24. The van der Waals surface area contributed by atoms with Crippen molar-refractivity contribution in [1.82, 2.24) is 14.5 Å². The van der Waals surface area contributed by atoms with Gasteiger partial charge in [-0.1, -0.05) is 0 Å². The van der Waals surface area contributed by atoms with E-state index in [1.165, 1.54) is 17.7 Å². The van der Waals surface area contributed by atoms with Crippen molar-refractivity contribution in [3.63, 3.8) is 0 Å². The zero-order valence-corrected chi connectivity index (χ0v) is 13.9. The first-order valence-electron chi connectivity index (χ1n) is 7.12. The summed E-state index contributed by atoms with van der Waals surface area (Å²) in [6.07, 6.45) is -3.18. The van der Waals surface area contributed by atoms with Crippen LogP contribution in [0.3, 0.4) is 0 Å². The molecule has 0 aromatic carbocycles. The Hall–Kier alpha value is -1.63. The third kappa shape index (κ3) is 3.14. The molecule has 5 atom stereocenters. The Bertz CT molecular complexity index is 772. The van der Waals surface area contributed by atoms with Gasteiger partial charge in [-0.25, -0.2) is 0 Å². The number of aliphatic hydroxyl groups excluding tert-OH is 2. The van der Waals surface area contributed by atoms with Gasteiger partial charge in [-0.2, -0.15) is 19.5 Å². The minimum Gasteiger partial charge on any atom is -0.387 e. The Morgan fingerprint density at radius 2 is 2.16 bits per heavy atom. The van der Waals surface area contributed by atoms with Crippen molar-refractivity contribution in [2.45, 2.75) is 31.1 Å². The third-order valence-corrected chi connectivity index (χ3v) is 4.34. The van der Waals surface area contributed by atoms with Gasteiger partial charge in [-0.15, -0.1) is 0 Å². The molecule has 1 fully saturated rings. The van der Waals surface area contributed by atoms with Crippen LogP contribution in [0.25, 0.3) is 11.0 Å². The molecular weight excluding hydrogens is 357 g/mol. The number of fused-ring (bicyclic) bond motifs is 1. The summed E-state index contributed by atoms with van der Waals surface area (Å²) in [4.78, 5) is 21.9. The number of anilines is 2. The molecule has 138 valence electrons. The van der Waals surface area contributed by atoms with Crippen LogP contribution in [-0.4, -0.2) is 59.1 Å². The number of ether oxygens (including phenoxy) is 1. The molecule has 1 saturated heterocycles. The first-order valence-corrected chi connectivity index (χ1v) is 8.51. The van der Waals surface area contributed by atoms with Gasteiger partial charge in [-0.05, 0) is 13.0 Å². The summed E-state index contributed by atoms with van der Waals surface area (Å²) in [6, 6.07) is 1.61. The number of hydrogen-bond donors (Lipinski definition) is 6. The first-order chi connectivity index (χ1) is 11.8. The molecule has 0 radical (unpaired) electrons. The topological polar surface area (TPSA) is 191 Å². The summed E-state index contributed by atoms with van der Waals surface area (Å²) >= 11 is 0. The molecule has 0 aliphatic carbocycles. The van der Waals surface area contributed by atoms with Gasteiger partial charge in [0.15, 0.2) is 6.23 Å². The van der Waals surface area contributed by atoms with E-state index < -0.39 is 38.9 Å². The minimum absolute atomic E-state index is 0.0619. The van der Waals surface area contributed by atoms with Crippen LogP contribution in [0.1, 0.15) is 13.2 Å². The van der Waals surface area contributed by atoms with E-state index in [2.05, 4.69) is 14.6 Å². The van der Waals surface area contributed by atoms with Crippen molar-refractivity contribution in [2.24, 2.45) is 0 Å². The minimum atomic E-state index is -2.24. The lowest BCUT2D eigenvalue weighted by molar-refractivity contribution is -0.332. The highest BCUT2D eigenvalue weighted by Gasteiger charge is 2.55. The fourth-order valence-corrected chi connectivity index (χ4v) is 2.79. The second-order valence-corrected chi connectivity index (χ2v) is 6.76. The van der Waals surface area contributed by atoms with Crippen molar-refractivity contribution >= 4 is 31.2 Å². The molecule has 0 bridgehead atoms. The summed E-state index contributed by atoms with van der Waals surface area (Å²) in [5, 5.41) is 30.1. The van der Waals surface area contributed by atoms with Crippen LogP contribution in [0.15, 0.2) is 12.3 Å². The Balaban J connectivity index is 1.92. The Labute approximate surface area is 142 Å². The van der Waals surface area contributed by atoms with E-state index in [9.17, 15) is 15.1 Å². The summed E-state index contributed by atoms with van der Waals surface area (Å²) in [5.74, 6) is 0.0950. The first kappa shape index (κ1) is 18.2. The maximum absolute atomic E-state index is 10.6. The van der Waals surface area contributed by atoms with E-state index >= 15 is 0 Å². The van der Waals surface area contributed by atoms with Crippen LogP contribution in [0.2, 0.25) is 0 Å². The van der Waals surface area contributed by atoms with Crippen LogP contribution in [-0.2, 0) is 14.3 Å². The second kappa shape index (κ2) is 6.59. The molecule has 12 nitrogen and oxygen atoms in total. The van der Waals surface area contributed by atoms with E-state index in [-0.39, 0.29) is 11.8 Å². The molecule has 13 heteroatoms. The standard InChI is InChI=1S/C12H18N5O7P/c1-12(20)6(19)9(23-24-25(21)4-18)22-10(12)17-3-2-5-7(13)15-11(14)16-8(5)17/h2-3,6,9-10,18-21H,4H2,1H3,(H4,13,14,15,16)/t6?,9-,10-,12-,25?/m1/s1. The van der Waals surface area contributed by atoms with Gasteiger partial charge < -0.3 is 41.0 Å². The Morgan fingerprint density at radius 3 is 2.84 bits per heavy atom. The van der Waals surface area contributed by atoms with E-state index in [4.69, 9.17) is 26.2 Å². The number of aromatic nitrogens is 3. The largest absolute Gasteiger partial charge is 0.387 e. The van der Waals surface area contributed by atoms with Crippen molar-refractivity contribution in [2.75, 3.05) is 17.8 Å². The normalized spacial score (nSPS) is 30.8. The summed E-state index contributed by atoms with van der Waals surface area (Å²) in [5.41, 5.74) is 9.90. The maximum atomic E-state index is 10.6. The third-order valence-electron chi connectivity index (χ3n) is 3.84. The lowest BCUT2D eigenvalue weighted by Gasteiger charge is -2.27. The predicted molar refractivity (Wildman–Crippen MR) is 85.3 cm³/mol. The quantitative estimate of drug-likeness (QED) is 0.208. The molecule has 3 rings (SSSR count). The lowest BCUT2D eigenvalue weighted by atomic mass is 9.99. The predicted octanol–water partition coefficient (Wildman–Crippen LogP) is -1.24. The highest BCUT2D eigenvalue weighted by Crippen LogP contribution is 2.42. The molecule has 3 heterocycles. The number of hydrogen-bond acceptors (Lipinski definition) is 11. The molecule has 1 aliphatic heterocycles. The molecule has 25 heavy (non-hydrogen) atoms. The molecule has 1 aliphatic rings. The van der Waals surface area contributed by atoms with Crippen LogP contribution in [0, 0.1) is 0 Å². The van der Waals surface area contributed by atoms with Crippen molar-refractivity contribution < 1.29 is 34.5 Å². The van der Waals surface area contributed by atoms with Crippen molar-refractivity contribution in [3.8, 4) is 0 Å². The van der Waals surface area contributed by atoms with E-state index in [1.807, 2.05) is 0 Å². The Kier molecular flexibility index (Phi) is 4.79. The zero-order chi connectivity index (χ0) is 18.4. The highest BCUT2D eigenvalue weighted by atomic mass is 31.2. The smallest absolute Gasteiger partial charge is 0.232 e. The number of rotatable bonds is 5. The summed E-state index contributed by atoms with van der Waals surface area (Å²) in [6.45, 7) is 1.33. The van der Waals surface area contributed by atoms with Gasteiger partial charge in [0, 0.05) is 6.20 Å². The van der Waals surface area contributed by atoms with Crippen LogP contribution in [0.4, 0.5) is 11.8 Å². The highest BCUT2D eigenvalue weighted by molar-refractivity contribution is 7.45. The summed E-state index contributed by atoms with van der Waals surface area (Å²) < 4.78 is 11.5. The molecular formula is C12H18N5O7P. The molecule has 8 N–H and O–H groups in total. The molecule has 2 aromatic heterocycles. The van der Waals surface area contributed by atoms with Gasteiger partial charge in [-0.3, -0.25) is 0 Å². The van der Waals surface area contributed by atoms with Crippen molar-refractivity contribution in [1.29, 1.82) is 0 Å². The zero-order valence-electron chi connectivity index (χ0n) is 13.1. The van der Waals surface area contributed by atoms with Gasteiger partial charge in [0.25, 0.3) is 0 Å². The molecule has 0 saturated carbocycles. The van der Waals surface area contributed by atoms with E-state index in [0.717, 1.165) is 0 Å². The van der Waals surface area contributed by atoms with Crippen LogP contribution < -0.4 is 11.5 Å². The van der Waals surface area contributed by atoms with E-state index in [1.54, 1.807) is 6.07 Å². The van der Waals surface area contributed by atoms with Crippen LogP contribution >= 0.6 is 8.38 Å². The Morgan fingerprint density at radius 1 is 1.44 bits per heavy atom. The lowest BCUT2D eigenvalue weighted by Crippen LogP contribution is -2.44. The SMILES string of the molecule is C[C@@]1(O)C(O)[C@@H](OOP(O)CO)O[C@H]1n1ccc2c(N)nc(N)nc21. The average Bonchev–Trinajstić information content (AvgIpc) is 3.05. The number of nitrogens with two attached hydrogens (primary N) is 2. The number of nitrogens with zero attached hydrogens (tertiary/aromatic N) is 3. The van der Waals surface area contributed by atoms with Gasteiger partial charge in [0.05, 0.1) is 5.39 Å². The fourth-order valence-electron chi connectivity index (χ4n) is 2.56.